The van der Waals surface area contributed by atoms with Crippen LogP contribution in [0.3, 0.4) is 0 Å². The number of rotatable bonds is 2. The van der Waals surface area contributed by atoms with Crippen molar-refractivity contribution in [1.29, 1.82) is 0 Å². The Balaban J connectivity index is 2.48. The van der Waals surface area contributed by atoms with Gasteiger partial charge in [0.2, 0.25) is 0 Å². The number of carboxylic acids is 1. The maximum absolute atomic E-state index is 10.7. The average Bonchev–Trinajstić information content (AvgIpc) is 2.25. The summed E-state index contributed by atoms with van der Waals surface area (Å²) >= 11 is 6.08. The van der Waals surface area contributed by atoms with Crippen molar-refractivity contribution in [2.24, 2.45) is 0 Å². The minimum Gasteiger partial charge on any atom is -0.486 e. The molecule has 1 aromatic rings. The number of aliphatic carboxylic acids is 1. The molecule has 1 heterocycles. The Morgan fingerprint density at radius 3 is 2.88 bits per heavy atom. The number of carbonyl (C=O) groups is 1. The molecule has 1 N–H and O–H groups in total. The highest BCUT2D eigenvalue weighted by molar-refractivity contribution is 6.32. The first-order valence-electron chi connectivity index (χ1n) is 4.89. The summed E-state index contributed by atoms with van der Waals surface area (Å²) in [5, 5.41) is 9.19. The van der Waals surface area contributed by atoms with Crippen LogP contribution in [0, 0.1) is 6.92 Å². The number of carboxylic acid groups (broad SMARTS) is 1. The molecule has 0 saturated carbocycles. The smallest absolute Gasteiger partial charge is 0.307 e. The summed E-state index contributed by atoms with van der Waals surface area (Å²) in [5.74, 6) is 0.271. The Labute approximate surface area is 97.7 Å². The molecule has 86 valence electrons. The third-order valence-corrected chi connectivity index (χ3v) is 2.94. The molecule has 16 heavy (non-hydrogen) atoms. The molecule has 5 heteroatoms. The van der Waals surface area contributed by atoms with Gasteiger partial charge in [0, 0.05) is 5.56 Å². The van der Waals surface area contributed by atoms with Crippen molar-refractivity contribution in [3.8, 4) is 11.5 Å². The van der Waals surface area contributed by atoms with E-state index in [1.165, 1.54) is 0 Å². The lowest BCUT2D eigenvalue weighted by molar-refractivity contribution is -0.136. The highest BCUT2D eigenvalue weighted by Gasteiger charge is 2.20. The predicted molar refractivity (Wildman–Crippen MR) is 58.5 cm³/mol. The highest BCUT2D eigenvalue weighted by atomic mass is 35.5. The molecule has 0 bridgehead atoms. The quantitative estimate of drug-likeness (QED) is 0.862. The van der Waals surface area contributed by atoms with Gasteiger partial charge >= 0.3 is 5.97 Å². The molecule has 0 unspecified atom stereocenters. The van der Waals surface area contributed by atoms with Crippen molar-refractivity contribution >= 4 is 17.6 Å². The maximum atomic E-state index is 10.7. The number of hydrogen-bond acceptors (Lipinski definition) is 3. The normalized spacial score (nSPS) is 13.6. The van der Waals surface area contributed by atoms with Crippen LogP contribution in [0.25, 0.3) is 0 Å². The number of ether oxygens (including phenoxy) is 2. The van der Waals surface area contributed by atoms with Gasteiger partial charge in [-0.2, -0.15) is 0 Å². The summed E-state index contributed by atoms with van der Waals surface area (Å²) in [6.45, 7) is 2.75. The Morgan fingerprint density at radius 2 is 2.19 bits per heavy atom. The van der Waals surface area contributed by atoms with Crippen molar-refractivity contribution in [2.45, 2.75) is 13.3 Å². The molecular formula is C11H11ClO4. The molecule has 0 saturated heterocycles. The van der Waals surface area contributed by atoms with Gasteiger partial charge in [-0.15, -0.1) is 0 Å². The maximum Gasteiger partial charge on any atom is 0.307 e. The zero-order chi connectivity index (χ0) is 11.7. The van der Waals surface area contributed by atoms with Gasteiger partial charge in [0.15, 0.2) is 11.5 Å². The largest absolute Gasteiger partial charge is 0.486 e. The lowest BCUT2D eigenvalue weighted by Gasteiger charge is -2.22. The summed E-state index contributed by atoms with van der Waals surface area (Å²) in [7, 11) is 0. The number of fused-ring (bicyclic) bond motifs is 1. The number of halogens is 1. The molecule has 0 fully saturated rings. The molecule has 1 aromatic carbocycles. The fourth-order valence-corrected chi connectivity index (χ4v) is 1.89. The highest BCUT2D eigenvalue weighted by Crippen LogP contribution is 2.39. The van der Waals surface area contributed by atoms with Crippen LogP contribution < -0.4 is 9.47 Å². The van der Waals surface area contributed by atoms with E-state index in [0.29, 0.717) is 35.3 Å². The standard InChI is InChI=1S/C11H11ClO4/c1-6-10(12)7(5-9(13)14)4-8-11(6)16-3-2-15-8/h4H,2-3,5H2,1H3,(H,13,14). The lowest BCUT2D eigenvalue weighted by Crippen LogP contribution is -2.17. The van der Waals surface area contributed by atoms with Crippen LogP contribution in [0.1, 0.15) is 11.1 Å². The lowest BCUT2D eigenvalue weighted by atomic mass is 10.1. The Kier molecular flexibility index (Phi) is 2.92. The van der Waals surface area contributed by atoms with Crippen LogP contribution in [0.4, 0.5) is 0 Å². The summed E-state index contributed by atoms with van der Waals surface area (Å²) in [6.07, 6.45) is -0.115. The molecule has 0 aliphatic carbocycles. The Bertz CT molecular complexity index is 442. The molecule has 4 nitrogen and oxygen atoms in total. The molecular weight excluding hydrogens is 232 g/mol. The SMILES string of the molecule is Cc1c(Cl)c(CC(=O)O)cc2c1OCCO2. The molecule has 1 aliphatic rings. The number of benzene rings is 1. The average molecular weight is 243 g/mol. The first-order valence-corrected chi connectivity index (χ1v) is 5.26. The van der Waals surface area contributed by atoms with Crippen LogP contribution in [0.15, 0.2) is 6.07 Å². The van der Waals surface area contributed by atoms with Crippen molar-refractivity contribution in [3.63, 3.8) is 0 Å². The Hall–Kier alpha value is -1.42. The van der Waals surface area contributed by atoms with Gasteiger partial charge in [0.1, 0.15) is 13.2 Å². The van der Waals surface area contributed by atoms with E-state index < -0.39 is 5.97 Å². The van der Waals surface area contributed by atoms with Crippen molar-refractivity contribution in [3.05, 3.63) is 22.2 Å². The van der Waals surface area contributed by atoms with E-state index in [1.807, 2.05) is 0 Å². The molecule has 0 amide bonds. The zero-order valence-corrected chi connectivity index (χ0v) is 9.50. The zero-order valence-electron chi connectivity index (χ0n) is 8.75. The van der Waals surface area contributed by atoms with Crippen LogP contribution in [0.5, 0.6) is 11.5 Å². The van der Waals surface area contributed by atoms with E-state index in [2.05, 4.69) is 0 Å². The van der Waals surface area contributed by atoms with Gasteiger partial charge < -0.3 is 14.6 Å². The van der Waals surface area contributed by atoms with E-state index in [9.17, 15) is 4.79 Å². The summed E-state index contributed by atoms with van der Waals surface area (Å²) in [4.78, 5) is 10.7. The topological polar surface area (TPSA) is 55.8 Å². The summed E-state index contributed by atoms with van der Waals surface area (Å²) in [6, 6.07) is 1.64. The summed E-state index contributed by atoms with van der Waals surface area (Å²) < 4.78 is 10.8. The monoisotopic (exact) mass is 242 g/mol. The van der Waals surface area contributed by atoms with E-state index in [-0.39, 0.29) is 6.42 Å². The van der Waals surface area contributed by atoms with Gasteiger partial charge in [0.25, 0.3) is 0 Å². The Morgan fingerprint density at radius 1 is 1.50 bits per heavy atom. The molecule has 1 aliphatic heterocycles. The van der Waals surface area contributed by atoms with Crippen molar-refractivity contribution in [2.75, 3.05) is 13.2 Å². The second kappa shape index (κ2) is 4.22. The third-order valence-electron chi connectivity index (χ3n) is 2.41. The minimum absolute atomic E-state index is 0.115. The van der Waals surface area contributed by atoms with Crippen molar-refractivity contribution in [1.82, 2.24) is 0 Å². The molecule has 0 atom stereocenters. The van der Waals surface area contributed by atoms with E-state index in [1.54, 1.807) is 13.0 Å². The van der Waals surface area contributed by atoms with E-state index >= 15 is 0 Å². The third kappa shape index (κ3) is 1.93. The van der Waals surface area contributed by atoms with Crippen LogP contribution in [-0.4, -0.2) is 24.3 Å². The van der Waals surface area contributed by atoms with Crippen LogP contribution >= 0.6 is 11.6 Å². The summed E-state index contributed by atoms with van der Waals surface area (Å²) in [5.41, 5.74) is 1.28. The van der Waals surface area contributed by atoms with Crippen molar-refractivity contribution < 1.29 is 19.4 Å². The van der Waals surface area contributed by atoms with E-state index in [4.69, 9.17) is 26.2 Å². The first kappa shape index (κ1) is 11.1. The van der Waals surface area contributed by atoms with Gasteiger partial charge in [-0.25, -0.2) is 0 Å². The fourth-order valence-electron chi connectivity index (χ4n) is 1.69. The minimum atomic E-state index is -0.919. The molecule has 0 radical (unpaired) electrons. The number of hydrogen-bond donors (Lipinski definition) is 1. The predicted octanol–water partition coefficient (Wildman–Crippen LogP) is 2.05. The van der Waals surface area contributed by atoms with Crippen LogP contribution in [-0.2, 0) is 11.2 Å². The van der Waals surface area contributed by atoms with Crippen LogP contribution in [0.2, 0.25) is 5.02 Å². The molecule has 0 aromatic heterocycles. The second-order valence-corrected chi connectivity index (χ2v) is 3.95. The van der Waals surface area contributed by atoms with Gasteiger partial charge in [0.05, 0.1) is 11.4 Å². The van der Waals surface area contributed by atoms with Gasteiger partial charge in [-0.1, -0.05) is 11.6 Å². The van der Waals surface area contributed by atoms with Gasteiger partial charge in [-0.05, 0) is 18.6 Å². The fraction of sp³-hybridized carbons (Fsp3) is 0.364. The first-order chi connectivity index (χ1) is 7.59. The van der Waals surface area contributed by atoms with E-state index in [0.717, 1.165) is 5.56 Å². The molecule has 0 spiro atoms. The molecule has 2 rings (SSSR count). The second-order valence-electron chi connectivity index (χ2n) is 3.57. The van der Waals surface area contributed by atoms with Gasteiger partial charge in [-0.3, -0.25) is 4.79 Å².